The van der Waals surface area contributed by atoms with E-state index in [-0.39, 0.29) is 47.9 Å². The average molecular weight is 466 g/mol. The van der Waals surface area contributed by atoms with Gasteiger partial charge < -0.3 is 28.9 Å². The number of ketones is 2. The molecular weight excluding hydrogens is 439 g/mol. The van der Waals surface area contributed by atoms with Crippen LogP contribution in [0.3, 0.4) is 0 Å². The fourth-order valence-corrected chi connectivity index (χ4v) is 9.71. The van der Waals surface area contributed by atoms with Crippen LogP contribution in [0.15, 0.2) is 22.9 Å². The minimum absolute atomic E-state index is 0.0169. The molecule has 9 nitrogen and oxygen atoms in total. The summed E-state index contributed by atoms with van der Waals surface area (Å²) in [6.07, 6.45) is 0.647. The van der Waals surface area contributed by atoms with Gasteiger partial charge in [-0.25, -0.2) is 0 Å². The summed E-state index contributed by atoms with van der Waals surface area (Å²) in [5.41, 5.74) is -2.86. The minimum Gasteiger partial charge on any atom is -0.393 e. The summed E-state index contributed by atoms with van der Waals surface area (Å²) < 4.78 is 29.3. The van der Waals surface area contributed by atoms with Gasteiger partial charge in [-0.1, -0.05) is 13.8 Å². The molecule has 1 saturated heterocycles. The topological polar surface area (TPSA) is 140 Å². The Morgan fingerprint density at radius 2 is 1.91 bits per heavy atom. The van der Waals surface area contributed by atoms with Crippen LogP contribution in [-0.4, -0.2) is 45.2 Å². The van der Waals surface area contributed by atoms with Crippen LogP contribution in [0.4, 0.5) is 0 Å². The molecule has 2 aliphatic heterocycles. The average Bonchev–Trinajstić information content (AvgIpc) is 3.13. The van der Waals surface area contributed by atoms with Gasteiger partial charge in [-0.3, -0.25) is 9.59 Å². The second-order valence-electron chi connectivity index (χ2n) is 10.8. The van der Waals surface area contributed by atoms with E-state index >= 15 is 0 Å². The number of hydrogen-bond donors (Lipinski definition) is 3. The molecule has 0 radical (unpaired) electrons. The first-order valence-corrected chi connectivity index (χ1v) is 12.6. The summed E-state index contributed by atoms with van der Waals surface area (Å²) >= 11 is 0. The molecule has 0 aromatic carbocycles. The Hall–Kier alpha value is -1.67. The highest BCUT2D eigenvalue weighted by Gasteiger charge is 2.73. The number of phosphoric acid groups is 1. The number of carbonyl (C=O) groups excluding carboxylic acids is 2. The summed E-state index contributed by atoms with van der Waals surface area (Å²) in [5.74, 6) is -1.71. The largest absolute Gasteiger partial charge is 0.647 e. The molecule has 3 N–H and O–H groups in total. The fourth-order valence-electron chi connectivity index (χ4n) is 8.31. The molecule has 3 bridgehead atoms. The number of fused-ring (bicyclic) bond motifs is 8. The summed E-state index contributed by atoms with van der Waals surface area (Å²) in [6, 6.07) is 0. The molecule has 6 rings (SSSR count). The van der Waals surface area contributed by atoms with Crippen molar-refractivity contribution in [3.63, 3.8) is 0 Å². The molecule has 0 spiro atoms. The lowest BCUT2D eigenvalue weighted by Gasteiger charge is -2.60. The Kier molecular flexibility index (Phi) is 3.83. The number of rotatable bonds is 2. The number of allylic oxidation sites excluding steroid dienone is 1. The maximum atomic E-state index is 12.9. The van der Waals surface area contributed by atoms with Crippen molar-refractivity contribution >= 4 is 19.4 Å². The third kappa shape index (κ3) is 2.06. The predicted molar refractivity (Wildman–Crippen MR) is 107 cm³/mol. The van der Waals surface area contributed by atoms with Crippen LogP contribution < -0.4 is 0 Å². The van der Waals surface area contributed by atoms with Gasteiger partial charge in [-0.2, -0.15) is 4.57 Å². The minimum atomic E-state index is -3.94. The van der Waals surface area contributed by atoms with E-state index in [0.717, 1.165) is 0 Å². The molecule has 0 aromatic heterocycles. The highest BCUT2D eigenvalue weighted by molar-refractivity contribution is 7.49. The van der Waals surface area contributed by atoms with Crippen molar-refractivity contribution in [1.29, 1.82) is 0 Å². The lowest BCUT2D eigenvalue weighted by Crippen LogP contribution is -2.63. The van der Waals surface area contributed by atoms with Gasteiger partial charge in [0.25, 0.3) is 5.78 Å². The van der Waals surface area contributed by atoms with Crippen LogP contribution in [-0.2, 0) is 27.7 Å². The standard InChI is InChI=1S/C22H27O9P/c1-9-6-10-11-4-5-22(27,13(25)8-23)20(11,2)7-12(24)15(10)21(3)14(9)17-16(26)18-19(21)31-32(28,29-17)30-18/h9-12,15,23-24,27H,4-8H2,1-3H3/t9?,10-,11-,12-,15+,20-,21-,22-,32?/m0/s1. The molecule has 4 aliphatic carbocycles. The van der Waals surface area contributed by atoms with Crippen LogP contribution in [0.1, 0.15) is 46.5 Å². The first kappa shape index (κ1) is 20.9. The Labute approximate surface area is 185 Å². The predicted octanol–water partition coefficient (Wildman–Crippen LogP) is 1.97. The Morgan fingerprint density at radius 3 is 2.59 bits per heavy atom. The highest BCUT2D eigenvalue weighted by Crippen LogP contribution is 2.76. The van der Waals surface area contributed by atoms with Crippen molar-refractivity contribution in [2.24, 2.45) is 34.5 Å². The first-order valence-electron chi connectivity index (χ1n) is 11.2. The number of aliphatic hydroxyl groups excluding tert-OH is 2. The van der Waals surface area contributed by atoms with E-state index in [0.29, 0.717) is 18.4 Å². The number of phosphoric ester groups is 1. The molecule has 0 amide bonds. The van der Waals surface area contributed by atoms with Gasteiger partial charge in [0.1, 0.15) is 12.2 Å². The van der Waals surface area contributed by atoms with Crippen LogP contribution in [0, 0.1) is 34.5 Å². The van der Waals surface area contributed by atoms with Crippen LogP contribution in [0.2, 0.25) is 0 Å². The maximum absolute atomic E-state index is 12.9. The van der Waals surface area contributed by atoms with Crippen molar-refractivity contribution in [2.45, 2.75) is 58.2 Å². The SMILES string of the molecule is CC1C[C@@H]2[C@H]([C@@H](O)C[C@@]3(C)[C@H]2CC[C@]3(O)C(=O)CO)[C@@]2(C)C3=C4OP(=O)(OC(=C12)C4=O)O3. The van der Waals surface area contributed by atoms with Gasteiger partial charge in [0.2, 0.25) is 5.76 Å². The lowest BCUT2D eigenvalue weighted by atomic mass is 9.44. The Balaban J connectivity index is 1.51. The van der Waals surface area contributed by atoms with E-state index in [4.69, 9.17) is 13.6 Å². The fraction of sp³-hybridized carbons (Fsp3) is 0.727. The van der Waals surface area contributed by atoms with Crippen molar-refractivity contribution in [1.82, 2.24) is 0 Å². The third-order valence-electron chi connectivity index (χ3n) is 9.50. The zero-order chi connectivity index (χ0) is 23.0. The van der Waals surface area contributed by atoms with E-state index in [2.05, 4.69) is 0 Å². The highest BCUT2D eigenvalue weighted by atomic mass is 31.2. The van der Waals surface area contributed by atoms with Crippen LogP contribution in [0.5, 0.6) is 0 Å². The van der Waals surface area contributed by atoms with Crippen molar-refractivity contribution < 1.29 is 43.0 Å². The van der Waals surface area contributed by atoms with Crippen LogP contribution in [0.25, 0.3) is 0 Å². The van der Waals surface area contributed by atoms with E-state index in [1.165, 1.54) is 0 Å². The van der Waals surface area contributed by atoms with Gasteiger partial charge >= 0.3 is 7.82 Å². The summed E-state index contributed by atoms with van der Waals surface area (Å²) in [5, 5.41) is 32.4. The zero-order valence-electron chi connectivity index (χ0n) is 18.2. The monoisotopic (exact) mass is 466 g/mol. The molecule has 10 heteroatoms. The summed E-state index contributed by atoms with van der Waals surface area (Å²) in [6.45, 7) is 4.95. The number of hydrogen-bond acceptors (Lipinski definition) is 9. The summed E-state index contributed by atoms with van der Waals surface area (Å²) in [4.78, 5) is 25.4. The van der Waals surface area contributed by atoms with Gasteiger partial charge in [0, 0.05) is 11.3 Å². The second-order valence-corrected chi connectivity index (χ2v) is 12.2. The van der Waals surface area contributed by atoms with Gasteiger partial charge in [-0.15, -0.1) is 0 Å². The Morgan fingerprint density at radius 1 is 1.22 bits per heavy atom. The quantitative estimate of drug-likeness (QED) is 0.521. The number of aliphatic hydroxyl groups is 3. The van der Waals surface area contributed by atoms with Crippen molar-refractivity contribution in [3.05, 3.63) is 22.9 Å². The molecule has 2 unspecified atom stereocenters. The molecule has 3 saturated carbocycles. The molecule has 6 aliphatic rings. The lowest BCUT2D eigenvalue weighted by molar-refractivity contribution is -0.182. The molecular formula is C22H27O9P. The molecule has 32 heavy (non-hydrogen) atoms. The maximum Gasteiger partial charge on any atom is 0.647 e. The second kappa shape index (κ2) is 5.87. The summed E-state index contributed by atoms with van der Waals surface area (Å²) in [7, 11) is -3.94. The van der Waals surface area contributed by atoms with E-state index < -0.39 is 54.4 Å². The van der Waals surface area contributed by atoms with E-state index in [1.54, 1.807) is 0 Å². The van der Waals surface area contributed by atoms with Crippen LogP contribution >= 0.6 is 7.82 Å². The normalized spacial score (nSPS) is 52.7. The molecule has 174 valence electrons. The number of Topliss-reactive ketones (excluding diaryl/α,β-unsaturated/α-hetero) is 2. The van der Waals surface area contributed by atoms with Gasteiger partial charge in [0.05, 0.1) is 11.5 Å². The Bertz CT molecular complexity index is 1090. The molecule has 0 aromatic rings. The number of carbonyl (C=O) groups is 2. The molecule has 2 heterocycles. The van der Waals surface area contributed by atoms with E-state index in [1.807, 2.05) is 20.8 Å². The zero-order valence-corrected chi connectivity index (χ0v) is 19.1. The van der Waals surface area contributed by atoms with Crippen molar-refractivity contribution in [3.8, 4) is 0 Å². The smallest absolute Gasteiger partial charge is 0.393 e. The molecule has 9 atom stereocenters. The molecule has 4 fully saturated rings. The first-order chi connectivity index (χ1) is 14.9. The van der Waals surface area contributed by atoms with Gasteiger partial charge in [-0.05, 0) is 55.9 Å². The third-order valence-corrected chi connectivity index (χ3v) is 10.7. The van der Waals surface area contributed by atoms with Crippen molar-refractivity contribution in [2.75, 3.05) is 6.61 Å². The van der Waals surface area contributed by atoms with E-state index in [9.17, 15) is 29.5 Å². The van der Waals surface area contributed by atoms with Gasteiger partial charge in [0.15, 0.2) is 17.3 Å².